The monoisotopic (exact) mass is 412 g/mol. The van der Waals surface area contributed by atoms with Crippen LogP contribution in [0.3, 0.4) is 0 Å². The van der Waals surface area contributed by atoms with Crippen molar-refractivity contribution >= 4 is 17.5 Å². The van der Waals surface area contributed by atoms with Crippen molar-refractivity contribution < 1.29 is 18.8 Å². The Morgan fingerprint density at radius 3 is 2.87 bits per heavy atom. The topological polar surface area (TPSA) is 92.0 Å². The number of anilines is 1. The Hall–Kier alpha value is -3.56. The zero-order chi connectivity index (χ0) is 21.1. The van der Waals surface area contributed by atoms with Gasteiger partial charge in [0.1, 0.15) is 24.2 Å². The first-order chi connectivity index (χ1) is 14.5. The summed E-state index contributed by atoms with van der Waals surface area (Å²) >= 11 is 0. The van der Waals surface area contributed by atoms with Crippen LogP contribution in [0.2, 0.25) is 0 Å². The molecule has 9 nitrogen and oxygen atoms in total. The lowest BCUT2D eigenvalue weighted by atomic mass is 10.0. The number of rotatable bonds is 6. The Morgan fingerprint density at radius 1 is 1.33 bits per heavy atom. The molecule has 0 N–H and O–H groups in total. The van der Waals surface area contributed by atoms with E-state index in [4.69, 9.17) is 9.57 Å². The largest absolute Gasteiger partial charge is 0.442 e. The number of halogens is 1. The smallest absolute Gasteiger partial charge is 0.414 e. The first-order valence-electron chi connectivity index (χ1n) is 9.49. The number of hydrogen-bond acceptors (Lipinski definition) is 7. The molecule has 1 unspecified atom stereocenters. The summed E-state index contributed by atoms with van der Waals surface area (Å²) < 4.78 is 20.2. The fourth-order valence-electron chi connectivity index (χ4n) is 3.43. The third kappa shape index (κ3) is 4.07. The summed E-state index contributed by atoms with van der Waals surface area (Å²) in [6.07, 6.45) is 1.42. The predicted molar refractivity (Wildman–Crippen MR) is 108 cm³/mol. The molecule has 0 spiro atoms. The summed E-state index contributed by atoms with van der Waals surface area (Å²) in [6.45, 7) is 1.25. The van der Waals surface area contributed by atoms with Crippen molar-refractivity contribution in [1.82, 2.24) is 9.99 Å². The zero-order valence-electron chi connectivity index (χ0n) is 16.7. The first kappa shape index (κ1) is 19.7. The molecule has 2 aliphatic rings. The normalized spacial score (nSPS) is 18.5. The number of carbonyl (C=O) groups excluding carboxylic acids is 1. The van der Waals surface area contributed by atoms with E-state index in [9.17, 15) is 9.18 Å². The summed E-state index contributed by atoms with van der Waals surface area (Å²) in [6, 6.07) is 8.25. The highest BCUT2D eigenvalue weighted by Crippen LogP contribution is 2.29. The summed E-state index contributed by atoms with van der Waals surface area (Å²) in [7, 11) is 3.30. The quantitative estimate of drug-likeness (QED) is 0.536. The van der Waals surface area contributed by atoms with Crippen LogP contribution in [-0.4, -0.2) is 61.7 Å². The van der Waals surface area contributed by atoms with Crippen molar-refractivity contribution in [3.05, 3.63) is 48.0 Å². The molecule has 1 saturated heterocycles. The van der Waals surface area contributed by atoms with Gasteiger partial charge in [0.2, 0.25) is 0 Å². The molecule has 1 aromatic carbocycles. The van der Waals surface area contributed by atoms with Crippen LogP contribution >= 0.6 is 0 Å². The minimum atomic E-state index is -0.514. The molecule has 1 aromatic heterocycles. The molecule has 10 heteroatoms. The second-order valence-electron chi connectivity index (χ2n) is 6.96. The number of pyridine rings is 1. The molecule has 1 atom stereocenters. The number of benzene rings is 1. The van der Waals surface area contributed by atoms with Gasteiger partial charge in [-0.25, -0.2) is 9.18 Å². The van der Waals surface area contributed by atoms with Crippen LogP contribution in [0.25, 0.3) is 11.1 Å². The van der Waals surface area contributed by atoms with Gasteiger partial charge in [0.15, 0.2) is 0 Å². The Morgan fingerprint density at radius 2 is 2.20 bits per heavy atom. The van der Waals surface area contributed by atoms with Crippen molar-refractivity contribution in [2.75, 3.05) is 38.7 Å². The van der Waals surface area contributed by atoms with E-state index in [0.717, 1.165) is 5.71 Å². The molecule has 2 aliphatic heterocycles. The number of carbonyl (C=O) groups is 1. The van der Waals surface area contributed by atoms with E-state index in [2.05, 4.69) is 20.5 Å². The van der Waals surface area contributed by atoms with Crippen molar-refractivity contribution in [2.45, 2.75) is 12.5 Å². The van der Waals surface area contributed by atoms with Crippen molar-refractivity contribution in [1.29, 1.82) is 0 Å². The van der Waals surface area contributed by atoms with E-state index in [1.807, 2.05) is 0 Å². The van der Waals surface area contributed by atoms with Crippen LogP contribution in [0.5, 0.6) is 0 Å². The fraction of sp³-hybridized carbons (Fsp3) is 0.350. The summed E-state index contributed by atoms with van der Waals surface area (Å²) in [5.74, 6) is -0.447. The van der Waals surface area contributed by atoms with Crippen molar-refractivity contribution in [2.24, 2.45) is 15.5 Å². The van der Waals surface area contributed by atoms with Crippen LogP contribution in [-0.2, 0) is 9.57 Å². The molecule has 1 fully saturated rings. The van der Waals surface area contributed by atoms with Crippen LogP contribution in [0.15, 0.2) is 52.0 Å². The van der Waals surface area contributed by atoms with Crippen LogP contribution < -0.4 is 4.90 Å². The van der Waals surface area contributed by atoms with Crippen LogP contribution in [0, 0.1) is 5.82 Å². The lowest BCUT2D eigenvalue weighted by Crippen LogP contribution is -2.29. The molecule has 0 aliphatic carbocycles. The number of cyclic esters (lactones) is 1. The summed E-state index contributed by atoms with van der Waals surface area (Å²) in [5.41, 5.74) is 2.97. The highest BCUT2D eigenvalue weighted by atomic mass is 19.1. The Bertz CT molecular complexity index is 995. The highest BCUT2D eigenvalue weighted by Gasteiger charge is 2.33. The van der Waals surface area contributed by atoms with Gasteiger partial charge in [-0.15, -0.1) is 0 Å². The molecule has 2 aromatic rings. The molecular formula is C20H21FN6O3. The molecule has 4 rings (SSSR count). The number of likely N-dealkylation sites (N-methyl/N-ethyl adjacent to an activating group) is 1. The van der Waals surface area contributed by atoms with Gasteiger partial charge in [0, 0.05) is 30.8 Å². The van der Waals surface area contributed by atoms with E-state index in [-0.39, 0.29) is 6.10 Å². The molecular weight excluding hydrogens is 391 g/mol. The third-order valence-corrected chi connectivity index (χ3v) is 4.82. The molecule has 0 saturated carbocycles. The number of nitrogens with zero attached hydrogens (tertiary/aromatic N) is 6. The number of oxime groups is 1. The van der Waals surface area contributed by atoms with Gasteiger partial charge in [-0.3, -0.25) is 14.9 Å². The third-order valence-electron chi connectivity index (χ3n) is 4.82. The average molecular weight is 412 g/mol. The number of amides is 1. The first-order valence-corrected chi connectivity index (χ1v) is 9.49. The molecule has 3 heterocycles. The lowest BCUT2D eigenvalue weighted by Gasteiger charge is -2.16. The van der Waals surface area contributed by atoms with Crippen LogP contribution in [0.1, 0.15) is 12.1 Å². The fourth-order valence-corrected chi connectivity index (χ4v) is 3.43. The number of hydrogen-bond donors (Lipinski definition) is 0. The van der Waals surface area contributed by atoms with Gasteiger partial charge in [0.05, 0.1) is 31.5 Å². The maximum absolute atomic E-state index is 14.8. The molecule has 30 heavy (non-hydrogen) atoms. The van der Waals surface area contributed by atoms with Crippen molar-refractivity contribution in [3.63, 3.8) is 0 Å². The van der Waals surface area contributed by atoms with Crippen molar-refractivity contribution in [3.8, 4) is 11.1 Å². The second-order valence-corrected chi connectivity index (χ2v) is 6.96. The number of ether oxygens (including phenoxy) is 1. The van der Waals surface area contributed by atoms with E-state index in [1.165, 1.54) is 11.0 Å². The average Bonchev–Trinajstić information content (AvgIpc) is 3.38. The highest BCUT2D eigenvalue weighted by molar-refractivity contribution is 5.99. The second kappa shape index (κ2) is 8.44. The summed E-state index contributed by atoms with van der Waals surface area (Å²) in [4.78, 5) is 23.0. The predicted octanol–water partition coefficient (Wildman–Crippen LogP) is 3.27. The number of aromatic nitrogens is 1. The van der Waals surface area contributed by atoms with Gasteiger partial charge in [0.25, 0.3) is 0 Å². The minimum absolute atomic E-state index is 0.307. The van der Waals surface area contributed by atoms with Gasteiger partial charge >= 0.3 is 6.09 Å². The van der Waals surface area contributed by atoms with Gasteiger partial charge in [-0.1, -0.05) is 16.4 Å². The van der Waals surface area contributed by atoms with E-state index in [1.54, 1.807) is 49.6 Å². The molecule has 0 radical (unpaired) electrons. The van der Waals surface area contributed by atoms with E-state index < -0.39 is 11.9 Å². The minimum Gasteiger partial charge on any atom is -0.442 e. The van der Waals surface area contributed by atoms with E-state index >= 15 is 0 Å². The SMILES string of the molecule is CN=NN(C)CC1CN(c2ccc(-c3ccc(C4=NOCC4)nc3)c(F)c2)C(=O)O1. The molecule has 156 valence electrons. The van der Waals surface area contributed by atoms with Crippen LogP contribution in [0.4, 0.5) is 14.9 Å². The zero-order valence-corrected chi connectivity index (χ0v) is 16.7. The van der Waals surface area contributed by atoms with Gasteiger partial charge in [-0.05, 0) is 24.3 Å². The lowest BCUT2D eigenvalue weighted by molar-refractivity contribution is 0.115. The molecule has 1 amide bonds. The molecule has 0 bridgehead atoms. The van der Waals surface area contributed by atoms with Gasteiger partial charge < -0.3 is 9.57 Å². The Kier molecular flexibility index (Phi) is 5.55. The maximum atomic E-state index is 14.8. The van der Waals surface area contributed by atoms with Gasteiger partial charge in [-0.2, -0.15) is 5.11 Å². The summed E-state index contributed by atoms with van der Waals surface area (Å²) in [5, 5.41) is 13.1. The maximum Gasteiger partial charge on any atom is 0.414 e. The Labute approximate surface area is 172 Å². The Balaban J connectivity index is 1.48. The standard InChI is InChI=1S/C20H21FN6O3/c1-22-25-26(2)11-15-12-27(20(28)30-15)14-4-5-16(17(21)9-14)13-3-6-18(23-10-13)19-7-8-29-24-19/h3-6,9-10,15H,7-8,11-12H2,1-2H3. The van der Waals surface area contributed by atoms with E-state index in [0.29, 0.717) is 48.6 Å².